The van der Waals surface area contributed by atoms with Crippen molar-refractivity contribution in [1.29, 1.82) is 0 Å². The largest absolute Gasteiger partial charge is 0.297 e. The lowest BCUT2D eigenvalue weighted by molar-refractivity contribution is 0.196. The summed E-state index contributed by atoms with van der Waals surface area (Å²) in [5.74, 6) is 0.520. The number of nitrogens with zero attached hydrogens (tertiary/aromatic N) is 4. The van der Waals surface area contributed by atoms with Gasteiger partial charge in [-0.1, -0.05) is 0 Å². The molecule has 0 N–H and O–H groups in total. The third-order valence-corrected chi connectivity index (χ3v) is 4.01. The number of thiazole rings is 1. The molecule has 18 heavy (non-hydrogen) atoms. The van der Waals surface area contributed by atoms with E-state index in [1.807, 2.05) is 11.7 Å². The lowest BCUT2D eigenvalue weighted by atomic mass is 9.95. The van der Waals surface area contributed by atoms with Crippen LogP contribution in [-0.2, 0) is 6.54 Å². The standard InChI is InChI=1S/C13H16N4S/c1-2-11(13-6-14-3-4-15-13)7-17(5-1)8-12-9-18-10-16-12/h3-4,6,9-11H,1-2,5,7-8H2/t11-/m1/s1. The third kappa shape index (κ3) is 2.73. The van der Waals surface area contributed by atoms with Crippen LogP contribution < -0.4 is 0 Å². The Balaban J connectivity index is 1.65. The molecule has 0 bridgehead atoms. The highest BCUT2D eigenvalue weighted by molar-refractivity contribution is 7.07. The highest BCUT2D eigenvalue weighted by atomic mass is 32.1. The zero-order valence-electron chi connectivity index (χ0n) is 10.2. The molecule has 94 valence electrons. The van der Waals surface area contributed by atoms with Crippen LogP contribution in [0.25, 0.3) is 0 Å². The molecular weight excluding hydrogens is 244 g/mol. The van der Waals surface area contributed by atoms with Crippen molar-refractivity contribution in [3.63, 3.8) is 0 Å². The van der Waals surface area contributed by atoms with Gasteiger partial charge in [0, 0.05) is 43.0 Å². The minimum atomic E-state index is 0.520. The van der Waals surface area contributed by atoms with Gasteiger partial charge in [-0.05, 0) is 19.4 Å². The van der Waals surface area contributed by atoms with Crippen LogP contribution in [0.1, 0.15) is 30.1 Å². The van der Waals surface area contributed by atoms with E-state index >= 15 is 0 Å². The van der Waals surface area contributed by atoms with Gasteiger partial charge in [-0.3, -0.25) is 14.9 Å². The van der Waals surface area contributed by atoms with E-state index < -0.39 is 0 Å². The molecule has 1 fully saturated rings. The van der Waals surface area contributed by atoms with Gasteiger partial charge in [0.25, 0.3) is 0 Å². The monoisotopic (exact) mass is 260 g/mol. The molecule has 3 heterocycles. The second-order valence-electron chi connectivity index (χ2n) is 4.68. The van der Waals surface area contributed by atoms with Crippen molar-refractivity contribution >= 4 is 11.3 Å². The summed E-state index contributed by atoms with van der Waals surface area (Å²) < 4.78 is 0. The number of aromatic nitrogens is 3. The number of rotatable bonds is 3. The van der Waals surface area contributed by atoms with Crippen molar-refractivity contribution < 1.29 is 0 Å². The average molecular weight is 260 g/mol. The minimum absolute atomic E-state index is 0.520. The molecule has 0 aromatic carbocycles. The van der Waals surface area contributed by atoms with Crippen LogP contribution in [-0.4, -0.2) is 32.9 Å². The number of hydrogen-bond donors (Lipinski definition) is 0. The van der Waals surface area contributed by atoms with E-state index in [9.17, 15) is 0 Å². The number of piperidine rings is 1. The summed E-state index contributed by atoms with van der Waals surface area (Å²) in [6.45, 7) is 3.19. The fraction of sp³-hybridized carbons (Fsp3) is 0.462. The Morgan fingerprint density at radius 2 is 2.33 bits per heavy atom. The van der Waals surface area contributed by atoms with Gasteiger partial charge >= 0.3 is 0 Å². The first-order valence-corrected chi connectivity index (χ1v) is 7.21. The molecule has 2 aromatic heterocycles. The van der Waals surface area contributed by atoms with Crippen molar-refractivity contribution in [3.05, 3.63) is 40.9 Å². The zero-order chi connectivity index (χ0) is 12.2. The van der Waals surface area contributed by atoms with E-state index in [-0.39, 0.29) is 0 Å². The highest BCUT2D eigenvalue weighted by Crippen LogP contribution is 2.25. The van der Waals surface area contributed by atoms with Crippen molar-refractivity contribution in [2.24, 2.45) is 0 Å². The Labute approximate surface area is 111 Å². The third-order valence-electron chi connectivity index (χ3n) is 3.38. The maximum absolute atomic E-state index is 4.43. The molecule has 0 aliphatic carbocycles. The lowest BCUT2D eigenvalue weighted by Gasteiger charge is -2.31. The number of hydrogen-bond acceptors (Lipinski definition) is 5. The summed E-state index contributed by atoms with van der Waals surface area (Å²) in [7, 11) is 0. The Morgan fingerprint density at radius 3 is 3.11 bits per heavy atom. The molecule has 1 aliphatic rings. The first-order chi connectivity index (χ1) is 8.92. The lowest BCUT2D eigenvalue weighted by Crippen LogP contribution is -2.34. The Kier molecular flexibility index (Phi) is 3.61. The van der Waals surface area contributed by atoms with Crippen molar-refractivity contribution in [2.75, 3.05) is 13.1 Å². The second kappa shape index (κ2) is 5.54. The van der Waals surface area contributed by atoms with Gasteiger partial charge in [0.1, 0.15) is 0 Å². The predicted octanol–water partition coefficient (Wildman–Crippen LogP) is 2.31. The SMILES string of the molecule is c1cnc([C@@H]2CCCN(Cc3cscn3)C2)cn1. The highest BCUT2D eigenvalue weighted by Gasteiger charge is 2.22. The molecule has 0 amide bonds. The molecular formula is C13H16N4S. The molecule has 1 atom stereocenters. The van der Waals surface area contributed by atoms with Crippen LogP contribution in [0.15, 0.2) is 29.5 Å². The quantitative estimate of drug-likeness (QED) is 0.849. The van der Waals surface area contributed by atoms with Crippen molar-refractivity contribution in [2.45, 2.75) is 25.3 Å². The molecule has 0 radical (unpaired) electrons. The van der Waals surface area contributed by atoms with Gasteiger partial charge in [-0.25, -0.2) is 4.98 Å². The fourth-order valence-corrected chi connectivity index (χ4v) is 3.06. The van der Waals surface area contributed by atoms with E-state index in [4.69, 9.17) is 0 Å². The summed E-state index contributed by atoms with van der Waals surface area (Å²) in [6, 6.07) is 0. The molecule has 5 heteroatoms. The van der Waals surface area contributed by atoms with Gasteiger partial charge < -0.3 is 0 Å². The first kappa shape index (κ1) is 11.7. The fourth-order valence-electron chi connectivity index (χ4n) is 2.51. The van der Waals surface area contributed by atoms with Crippen LogP contribution in [0.4, 0.5) is 0 Å². The maximum atomic E-state index is 4.43. The molecule has 0 unspecified atom stereocenters. The molecule has 4 nitrogen and oxygen atoms in total. The van der Waals surface area contributed by atoms with E-state index in [1.165, 1.54) is 18.5 Å². The summed E-state index contributed by atoms with van der Waals surface area (Å²) in [4.78, 5) is 15.4. The first-order valence-electron chi connectivity index (χ1n) is 6.27. The summed E-state index contributed by atoms with van der Waals surface area (Å²) in [6.07, 6.45) is 7.86. The smallest absolute Gasteiger partial charge is 0.0795 e. The topological polar surface area (TPSA) is 41.9 Å². The zero-order valence-corrected chi connectivity index (χ0v) is 11.0. The maximum Gasteiger partial charge on any atom is 0.0795 e. The Hall–Kier alpha value is -1.33. The Morgan fingerprint density at radius 1 is 1.33 bits per heavy atom. The van der Waals surface area contributed by atoms with Gasteiger partial charge in [0.15, 0.2) is 0 Å². The minimum Gasteiger partial charge on any atom is -0.297 e. The van der Waals surface area contributed by atoms with Gasteiger partial charge in [-0.15, -0.1) is 11.3 Å². The summed E-state index contributed by atoms with van der Waals surface area (Å²) in [5.41, 5.74) is 4.21. The summed E-state index contributed by atoms with van der Waals surface area (Å²) in [5, 5.41) is 2.13. The van der Waals surface area contributed by atoms with Crippen molar-refractivity contribution in [1.82, 2.24) is 19.9 Å². The molecule has 0 spiro atoms. The van der Waals surface area contributed by atoms with Crippen LogP contribution in [0.5, 0.6) is 0 Å². The van der Waals surface area contributed by atoms with E-state index in [2.05, 4.69) is 25.2 Å². The second-order valence-corrected chi connectivity index (χ2v) is 5.40. The molecule has 2 aromatic rings. The molecule has 1 saturated heterocycles. The van der Waals surface area contributed by atoms with Crippen molar-refractivity contribution in [3.8, 4) is 0 Å². The predicted molar refractivity (Wildman–Crippen MR) is 71.4 cm³/mol. The van der Waals surface area contributed by atoms with E-state index in [1.54, 1.807) is 23.7 Å². The van der Waals surface area contributed by atoms with Gasteiger partial charge in [-0.2, -0.15) is 0 Å². The van der Waals surface area contributed by atoms with E-state index in [0.717, 1.165) is 25.3 Å². The van der Waals surface area contributed by atoms with Crippen LogP contribution in [0, 0.1) is 0 Å². The Bertz CT molecular complexity index is 471. The number of likely N-dealkylation sites (tertiary alicyclic amines) is 1. The van der Waals surface area contributed by atoms with Crippen LogP contribution in [0.2, 0.25) is 0 Å². The van der Waals surface area contributed by atoms with Gasteiger partial charge in [0.05, 0.1) is 16.9 Å². The van der Waals surface area contributed by atoms with Crippen LogP contribution in [0.3, 0.4) is 0 Å². The molecule has 1 aliphatic heterocycles. The molecule has 0 saturated carbocycles. The normalized spacial score (nSPS) is 21.0. The summed E-state index contributed by atoms with van der Waals surface area (Å²) >= 11 is 1.67. The average Bonchev–Trinajstić information content (AvgIpc) is 2.93. The molecule has 3 rings (SSSR count). The van der Waals surface area contributed by atoms with Gasteiger partial charge in [0.2, 0.25) is 0 Å². The van der Waals surface area contributed by atoms with Crippen LogP contribution >= 0.6 is 11.3 Å². The van der Waals surface area contributed by atoms with E-state index in [0.29, 0.717) is 5.92 Å².